The van der Waals surface area contributed by atoms with E-state index in [1.807, 2.05) is 68.4 Å². The van der Waals surface area contributed by atoms with Crippen LogP contribution < -0.4 is 5.32 Å². The minimum absolute atomic E-state index is 0.0957. The summed E-state index contributed by atoms with van der Waals surface area (Å²) in [5.41, 5.74) is 1.75. The van der Waals surface area contributed by atoms with Gasteiger partial charge in [-0.3, -0.25) is 9.59 Å². The van der Waals surface area contributed by atoms with Gasteiger partial charge in [-0.1, -0.05) is 67.9 Å². The SMILES string of the molecule is CC(C)CNC(=O)[C@H](Cc1ccccc1)N(Cc1ccc(F)cc1)C(=O)CCCSc1ccc(Cl)cc1. The highest BCUT2D eigenvalue weighted by molar-refractivity contribution is 7.99. The Morgan fingerprint density at radius 3 is 2.27 bits per heavy atom. The molecule has 0 aromatic heterocycles. The van der Waals surface area contributed by atoms with Crippen LogP contribution >= 0.6 is 23.4 Å². The summed E-state index contributed by atoms with van der Waals surface area (Å²) < 4.78 is 13.5. The van der Waals surface area contributed by atoms with Gasteiger partial charge in [-0.05, 0) is 65.6 Å². The molecule has 0 heterocycles. The maximum atomic E-state index is 13.6. The first-order chi connectivity index (χ1) is 17.8. The molecular formula is C30H34ClFN2O2S. The molecule has 2 amide bonds. The van der Waals surface area contributed by atoms with Crippen LogP contribution in [0, 0.1) is 11.7 Å². The van der Waals surface area contributed by atoms with Gasteiger partial charge in [-0.15, -0.1) is 11.8 Å². The average molecular weight is 541 g/mol. The van der Waals surface area contributed by atoms with Gasteiger partial charge in [0.15, 0.2) is 0 Å². The van der Waals surface area contributed by atoms with Crippen molar-refractivity contribution in [3.8, 4) is 0 Å². The number of rotatable bonds is 13. The Morgan fingerprint density at radius 1 is 0.946 bits per heavy atom. The van der Waals surface area contributed by atoms with Crippen LogP contribution in [0.2, 0.25) is 5.02 Å². The predicted molar refractivity (Wildman–Crippen MR) is 150 cm³/mol. The van der Waals surface area contributed by atoms with Gasteiger partial charge in [0.25, 0.3) is 0 Å². The Hall–Kier alpha value is -2.83. The lowest BCUT2D eigenvalue weighted by Crippen LogP contribution is -2.51. The number of nitrogens with zero attached hydrogens (tertiary/aromatic N) is 1. The number of thioether (sulfide) groups is 1. The third kappa shape index (κ3) is 9.86. The largest absolute Gasteiger partial charge is 0.354 e. The van der Waals surface area contributed by atoms with Crippen LogP contribution in [0.5, 0.6) is 0 Å². The molecule has 0 spiro atoms. The summed E-state index contributed by atoms with van der Waals surface area (Å²) in [5.74, 6) is 0.440. The molecule has 0 radical (unpaired) electrons. The second-order valence-corrected chi connectivity index (χ2v) is 11.0. The third-order valence-corrected chi connectivity index (χ3v) is 7.19. The quantitative estimate of drug-likeness (QED) is 0.192. The minimum atomic E-state index is -0.678. The van der Waals surface area contributed by atoms with Crippen LogP contribution in [-0.4, -0.2) is 35.1 Å². The Kier molecular flexibility index (Phi) is 11.5. The standard InChI is InChI=1S/C30H34ClFN2O2S/c1-22(2)20-33-30(36)28(19-23-7-4-3-5-8-23)34(21-24-10-14-26(32)15-11-24)29(35)9-6-18-37-27-16-12-25(31)13-17-27/h3-5,7-8,10-17,22,28H,6,9,18-21H2,1-2H3,(H,33,36)/t28-/m0/s1. The van der Waals surface area contributed by atoms with Crippen molar-refractivity contribution in [3.05, 3.63) is 101 Å². The molecule has 7 heteroatoms. The van der Waals surface area contributed by atoms with Gasteiger partial charge in [-0.25, -0.2) is 4.39 Å². The number of hydrogen-bond acceptors (Lipinski definition) is 3. The molecule has 1 atom stereocenters. The molecule has 0 fully saturated rings. The van der Waals surface area contributed by atoms with Gasteiger partial charge in [-0.2, -0.15) is 0 Å². The molecule has 0 saturated heterocycles. The van der Waals surface area contributed by atoms with Gasteiger partial charge in [0.1, 0.15) is 11.9 Å². The number of hydrogen-bond donors (Lipinski definition) is 1. The summed E-state index contributed by atoms with van der Waals surface area (Å²) in [5, 5.41) is 3.71. The molecule has 3 aromatic carbocycles. The first kappa shape index (κ1) is 28.7. The normalized spacial score (nSPS) is 11.8. The van der Waals surface area contributed by atoms with Crippen LogP contribution in [0.3, 0.4) is 0 Å². The molecule has 0 aliphatic rings. The van der Waals surface area contributed by atoms with Crippen LogP contribution in [0.4, 0.5) is 4.39 Å². The van der Waals surface area contributed by atoms with Gasteiger partial charge in [0, 0.05) is 35.8 Å². The average Bonchev–Trinajstić information content (AvgIpc) is 2.89. The van der Waals surface area contributed by atoms with E-state index in [0.717, 1.165) is 21.8 Å². The van der Waals surface area contributed by atoms with E-state index in [1.165, 1.54) is 12.1 Å². The van der Waals surface area contributed by atoms with E-state index >= 15 is 0 Å². The number of benzene rings is 3. The van der Waals surface area contributed by atoms with E-state index in [0.29, 0.717) is 30.8 Å². The van der Waals surface area contributed by atoms with Crippen molar-refractivity contribution >= 4 is 35.2 Å². The highest BCUT2D eigenvalue weighted by Gasteiger charge is 2.30. The van der Waals surface area contributed by atoms with E-state index in [2.05, 4.69) is 5.32 Å². The fourth-order valence-electron chi connectivity index (χ4n) is 3.85. The van der Waals surface area contributed by atoms with Crippen molar-refractivity contribution in [2.45, 2.75) is 50.6 Å². The predicted octanol–water partition coefficient (Wildman–Crippen LogP) is 6.76. The van der Waals surface area contributed by atoms with Crippen molar-refractivity contribution in [2.24, 2.45) is 5.92 Å². The van der Waals surface area contributed by atoms with Crippen molar-refractivity contribution < 1.29 is 14.0 Å². The van der Waals surface area contributed by atoms with E-state index in [4.69, 9.17) is 11.6 Å². The van der Waals surface area contributed by atoms with Crippen LogP contribution in [0.1, 0.15) is 37.8 Å². The molecule has 3 rings (SSSR count). The molecule has 0 aliphatic carbocycles. The number of halogens is 2. The molecule has 0 aliphatic heterocycles. The number of carbonyl (C=O) groups is 2. The topological polar surface area (TPSA) is 49.4 Å². The maximum Gasteiger partial charge on any atom is 0.243 e. The first-order valence-corrected chi connectivity index (χ1v) is 13.9. The lowest BCUT2D eigenvalue weighted by molar-refractivity contribution is -0.141. The summed E-state index contributed by atoms with van der Waals surface area (Å²) in [6.45, 7) is 4.83. The van der Waals surface area contributed by atoms with E-state index in [-0.39, 0.29) is 30.1 Å². The van der Waals surface area contributed by atoms with E-state index in [1.54, 1.807) is 28.8 Å². The van der Waals surface area contributed by atoms with Crippen molar-refractivity contribution in [1.82, 2.24) is 10.2 Å². The summed E-state index contributed by atoms with van der Waals surface area (Å²) in [7, 11) is 0. The second-order valence-electron chi connectivity index (χ2n) is 9.40. The fraction of sp³-hybridized carbons (Fsp3) is 0.333. The fourth-order valence-corrected chi connectivity index (χ4v) is 4.83. The zero-order valence-electron chi connectivity index (χ0n) is 21.3. The molecule has 0 bridgehead atoms. The monoisotopic (exact) mass is 540 g/mol. The van der Waals surface area contributed by atoms with Gasteiger partial charge in [0.2, 0.25) is 11.8 Å². The smallest absolute Gasteiger partial charge is 0.243 e. The van der Waals surface area contributed by atoms with Crippen LogP contribution in [0.25, 0.3) is 0 Å². The van der Waals surface area contributed by atoms with E-state index in [9.17, 15) is 14.0 Å². The van der Waals surface area contributed by atoms with Crippen LogP contribution in [0.15, 0.2) is 83.8 Å². The van der Waals surface area contributed by atoms with Gasteiger partial charge in [0.05, 0.1) is 0 Å². The molecule has 4 nitrogen and oxygen atoms in total. The first-order valence-electron chi connectivity index (χ1n) is 12.6. The van der Waals surface area contributed by atoms with Crippen molar-refractivity contribution in [1.29, 1.82) is 0 Å². The Morgan fingerprint density at radius 2 is 1.62 bits per heavy atom. The van der Waals surface area contributed by atoms with Crippen molar-refractivity contribution in [2.75, 3.05) is 12.3 Å². The zero-order chi connectivity index (χ0) is 26.6. The second kappa shape index (κ2) is 14.8. The molecular weight excluding hydrogens is 507 g/mol. The molecule has 0 unspecified atom stereocenters. The third-order valence-electron chi connectivity index (χ3n) is 5.84. The number of amides is 2. The Bertz CT molecular complexity index is 1120. The molecule has 1 N–H and O–H groups in total. The van der Waals surface area contributed by atoms with Gasteiger partial charge < -0.3 is 10.2 Å². The maximum absolute atomic E-state index is 13.6. The molecule has 37 heavy (non-hydrogen) atoms. The van der Waals surface area contributed by atoms with Crippen LogP contribution in [-0.2, 0) is 22.6 Å². The summed E-state index contributed by atoms with van der Waals surface area (Å²) in [6.07, 6.45) is 1.37. The molecule has 0 saturated carbocycles. The lowest BCUT2D eigenvalue weighted by atomic mass is 10.0. The minimum Gasteiger partial charge on any atom is -0.354 e. The Balaban J connectivity index is 1.77. The highest BCUT2D eigenvalue weighted by Crippen LogP contribution is 2.22. The number of carbonyl (C=O) groups excluding carboxylic acids is 2. The zero-order valence-corrected chi connectivity index (χ0v) is 22.9. The van der Waals surface area contributed by atoms with Gasteiger partial charge >= 0.3 is 0 Å². The van der Waals surface area contributed by atoms with E-state index < -0.39 is 6.04 Å². The highest BCUT2D eigenvalue weighted by atomic mass is 35.5. The summed E-state index contributed by atoms with van der Waals surface area (Å²) >= 11 is 7.63. The van der Waals surface area contributed by atoms with Crippen molar-refractivity contribution in [3.63, 3.8) is 0 Å². The Labute approximate surface area is 228 Å². The summed E-state index contributed by atoms with van der Waals surface area (Å²) in [4.78, 5) is 29.7. The summed E-state index contributed by atoms with van der Waals surface area (Å²) in [6, 6.07) is 22.8. The molecule has 3 aromatic rings. The number of nitrogens with one attached hydrogen (secondary N) is 1. The lowest BCUT2D eigenvalue weighted by Gasteiger charge is -2.32. The molecule has 196 valence electrons.